The number of benzene rings is 2. The van der Waals surface area contributed by atoms with Crippen molar-refractivity contribution in [3.8, 4) is 0 Å². The smallest absolute Gasteiger partial charge is 0.265 e. The van der Waals surface area contributed by atoms with Crippen LogP contribution in [0.5, 0.6) is 0 Å². The van der Waals surface area contributed by atoms with Crippen molar-refractivity contribution in [1.82, 2.24) is 4.34 Å². The van der Waals surface area contributed by atoms with Gasteiger partial charge >= 0.3 is 0 Å². The standard InChI is InChI=1S/C17H15BrN2O4/c1-11-4-2-3-5-14(11)16(17(22)19-18)13-8-6-12(7-9-13)15(21)10-20(23)24/h2-9,16H,10H2,1H3,(H,19,22). The summed E-state index contributed by atoms with van der Waals surface area (Å²) in [5, 5.41) is 10.4. The SMILES string of the molecule is Cc1ccccc1C(C(=O)NBr)c1ccc(C(=O)C[N+](=O)[O-])cc1. The van der Waals surface area contributed by atoms with Crippen LogP contribution in [-0.4, -0.2) is 23.2 Å². The molecular weight excluding hydrogens is 376 g/mol. The number of ketones is 1. The van der Waals surface area contributed by atoms with Crippen molar-refractivity contribution in [2.75, 3.05) is 6.54 Å². The van der Waals surface area contributed by atoms with Crippen molar-refractivity contribution in [2.45, 2.75) is 12.8 Å². The lowest BCUT2D eigenvalue weighted by molar-refractivity contribution is -0.465. The Morgan fingerprint density at radius 3 is 2.33 bits per heavy atom. The highest BCUT2D eigenvalue weighted by atomic mass is 79.9. The van der Waals surface area contributed by atoms with E-state index in [9.17, 15) is 19.7 Å². The van der Waals surface area contributed by atoms with E-state index in [0.717, 1.165) is 11.1 Å². The molecule has 0 fully saturated rings. The van der Waals surface area contributed by atoms with Gasteiger partial charge in [0.1, 0.15) is 0 Å². The Bertz CT molecular complexity index is 774. The quantitative estimate of drug-likeness (QED) is 0.355. The fraction of sp³-hybridized carbons (Fsp3) is 0.176. The maximum absolute atomic E-state index is 12.3. The second-order valence-electron chi connectivity index (χ2n) is 5.28. The molecule has 0 aliphatic carbocycles. The summed E-state index contributed by atoms with van der Waals surface area (Å²) < 4.78 is 2.47. The molecule has 124 valence electrons. The summed E-state index contributed by atoms with van der Waals surface area (Å²) in [4.78, 5) is 33.8. The molecule has 0 saturated carbocycles. The van der Waals surface area contributed by atoms with Gasteiger partial charge in [0.2, 0.25) is 11.7 Å². The summed E-state index contributed by atoms with van der Waals surface area (Å²) in [5.41, 5.74) is 2.75. The minimum atomic E-state index is -0.748. The van der Waals surface area contributed by atoms with Crippen molar-refractivity contribution in [3.63, 3.8) is 0 Å². The van der Waals surface area contributed by atoms with E-state index in [-0.39, 0.29) is 11.5 Å². The van der Waals surface area contributed by atoms with E-state index in [4.69, 9.17) is 0 Å². The molecule has 6 nitrogen and oxygen atoms in total. The number of rotatable bonds is 6. The number of nitrogens with one attached hydrogen (secondary N) is 1. The average Bonchev–Trinajstić information content (AvgIpc) is 2.56. The van der Waals surface area contributed by atoms with E-state index in [1.807, 2.05) is 31.2 Å². The lowest BCUT2D eigenvalue weighted by atomic mass is 9.87. The molecule has 2 aromatic carbocycles. The molecule has 2 rings (SSSR count). The predicted octanol–water partition coefficient (Wildman–Crippen LogP) is 3.01. The normalized spacial score (nSPS) is 11.6. The Balaban J connectivity index is 2.38. The first-order valence-electron chi connectivity index (χ1n) is 7.15. The first-order chi connectivity index (χ1) is 11.4. The molecule has 0 heterocycles. The molecule has 0 radical (unpaired) electrons. The Labute approximate surface area is 147 Å². The maximum Gasteiger partial charge on any atom is 0.265 e. The zero-order chi connectivity index (χ0) is 17.7. The van der Waals surface area contributed by atoms with Crippen LogP contribution in [-0.2, 0) is 4.79 Å². The summed E-state index contributed by atoms with van der Waals surface area (Å²) in [6, 6.07) is 13.8. The number of nitrogens with zero attached hydrogens (tertiary/aromatic N) is 1. The number of halogens is 1. The highest BCUT2D eigenvalue weighted by molar-refractivity contribution is 9.08. The third-order valence-corrected chi connectivity index (χ3v) is 4.08. The Morgan fingerprint density at radius 1 is 1.17 bits per heavy atom. The molecule has 0 aliphatic rings. The highest BCUT2D eigenvalue weighted by Crippen LogP contribution is 2.28. The van der Waals surface area contributed by atoms with E-state index in [1.54, 1.807) is 12.1 Å². The second kappa shape index (κ2) is 7.83. The number of Topliss-reactive ketones (excluding diaryl/α,β-unsaturated/α-hetero) is 1. The van der Waals surface area contributed by atoms with E-state index in [1.165, 1.54) is 12.1 Å². The number of hydrogen-bond donors (Lipinski definition) is 1. The predicted molar refractivity (Wildman–Crippen MR) is 92.7 cm³/mol. The van der Waals surface area contributed by atoms with Crippen LogP contribution in [0.15, 0.2) is 48.5 Å². The molecule has 0 spiro atoms. The van der Waals surface area contributed by atoms with Crippen LogP contribution in [0.3, 0.4) is 0 Å². The van der Waals surface area contributed by atoms with Gasteiger partial charge in [-0.25, -0.2) is 0 Å². The average molecular weight is 391 g/mol. The summed E-state index contributed by atoms with van der Waals surface area (Å²) in [6.45, 7) is 1.17. The number of carbonyl (C=O) groups is 2. The second-order valence-corrected chi connectivity index (χ2v) is 5.68. The summed E-state index contributed by atoms with van der Waals surface area (Å²) in [6.07, 6.45) is 0. The molecule has 1 amide bonds. The van der Waals surface area contributed by atoms with Gasteiger partial charge in [0.15, 0.2) is 0 Å². The molecule has 0 aliphatic heterocycles. The first-order valence-corrected chi connectivity index (χ1v) is 7.94. The van der Waals surface area contributed by atoms with Gasteiger partial charge < -0.3 is 0 Å². The fourth-order valence-corrected chi connectivity index (χ4v) is 2.74. The number of nitro groups is 1. The van der Waals surface area contributed by atoms with E-state index < -0.39 is 23.2 Å². The van der Waals surface area contributed by atoms with Crippen LogP contribution in [0.2, 0.25) is 0 Å². The molecule has 0 aromatic heterocycles. The van der Waals surface area contributed by atoms with Gasteiger partial charge in [0.05, 0.1) is 5.92 Å². The Hall–Kier alpha value is -2.54. The number of aryl methyl sites for hydroxylation is 1. The van der Waals surface area contributed by atoms with Gasteiger partial charge in [-0.05, 0) is 23.6 Å². The van der Waals surface area contributed by atoms with Crippen molar-refractivity contribution in [2.24, 2.45) is 0 Å². The number of amides is 1. The number of hydrogen-bond acceptors (Lipinski definition) is 4. The molecular formula is C17H15BrN2O4. The monoisotopic (exact) mass is 390 g/mol. The van der Waals surface area contributed by atoms with Crippen LogP contribution in [0.1, 0.15) is 33.0 Å². The van der Waals surface area contributed by atoms with Gasteiger partial charge in [-0.2, -0.15) is 0 Å². The molecule has 2 aromatic rings. The molecule has 0 bridgehead atoms. The minimum Gasteiger partial charge on any atom is -0.292 e. The van der Waals surface area contributed by atoms with Crippen molar-refractivity contribution < 1.29 is 14.5 Å². The third kappa shape index (κ3) is 4.05. The van der Waals surface area contributed by atoms with Crippen LogP contribution >= 0.6 is 16.1 Å². The van der Waals surface area contributed by atoms with Gasteiger partial charge in [-0.3, -0.25) is 24.0 Å². The van der Waals surface area contributed by atoms with Crippen molar-refractivity contribution in [3.05, 3.63) is 80.9 Å². The maximum atomic E-state index is 12.3. The number of carbonyl (C=O) groups excluding carboxylic acids is 2. The largest absolute Gasteiger partial charge is 0.292 e. The summed E-state index contributed by atoms with van der Waals surface area (Å²) in [7, 11) is 0. The van der Waals surface area contributed by atoms with Crippen LogP contribution in [0.25, 0.3) is 0 Å². The molecule has 0 saturated heterocycles. The Morgan fingerprint density at radius 2 is 1.79 bits per heavy atom. The summed E-state index contributed by atoms with van der Waals surface area (Å²) in [5.74, 6) is -1.36. The van der Waals surface area contributed by atoms with Crippen LogP contribution < -0.4 is 4.34 Å². The van der Waals surface area contributed by atoms with Crippen LogP contribution in [0.4, 0.5) is 0 Å². The topological polar surface area (TPSA) is 89.3 Å². The lowest BCUT2D eigenvalue weighted by Gasteiger charge is -2.18. The zero-order valence-electron chi connectivity index (χ0n) is 12.9. The molecule has 7 heteroatoms. The van der Waals surface area contributed by atoms with Crippen molar-refractivity contribution >= 4 is 27.8 Å². The van der Waals surface area contributed by atoms with E-state index >= 15 is 0 Å². The van der Waals surface area contributed by atoms with Gasteiger partial charge in [0.25, 0.3) is 6.54 Å². The minimum absolute atomic E-state index is 0.242. The zero-order valence-corrected chi connectivity index (χ0v) is 14.4. The van der Waals surface area contributed by atoms with Gasteiger partial charge in [0, 0.05) is 26.6 Å². The van der Waals surface area contributed by atoms with E-state index in [0.29, 0.717) is 5.56 Å². The third-order valence-electron chi connectivity index (χ3n) is 3.69. The Kier molecular flexibility index (Phi) is 5.81. The van der Waals surface area contributed by atoms with Crippen molar-refractivity contribution in [1.29, 1.82) is 0 Å². The molecule has 1 atom stereocenters. The molecule has 1 N–H and O–H groups in total. The lowest BCUT2D eigenvalue weighted by Crippen LogP contribution is -2.23. The van der Waals surface area contributed by atoms with Gasteiger partial charge in [-0.1, -0.05) is 48.5 Å². The van der Waals surface area contributed by atoms with Crippen LogP contribution in [0, 0.1) is 17.0 Å². The van der Waals surface area contributed by atoms with E-state index in [2.05, 4.69) is 20.5 Å². The summed E-state index contributed by atoms with van der Waals surface area (Å²) >= 11 is 2.97. The fourth-order valence-electron chi connectivity index (χ4n) is 2.51. The highest BCUT2D eigenvalue weighted by Gasteiger charge is 2.24. The van der Waals surface area contributed by atoms with Gasteiger partial charge in [-0.15, -0.1) is 0 Å². The molecule has 1 unspecified atom stereocenters. The molecule has 24 heavy (non-hydrogen) atoms. The first kappa shape index (κ1) is 17.8.